The lowest BCUT2D eigenvalue weighted by Gasteiger charge is -2.40. The predicted octanol–water partition coefficient (Wildman–Crippen LogP) is 2.65. The van der Waals surface area contributed by atoms with E-state index in [4.69, 9.17) is 4.74 Å². The van der Waals surface area contributed by atoms with Gasteiger partial charge in [0.15, 0.2) is 0 Å². The Kier molecular flexibility index (Phi) is 6.42. The molecule has 128 valence electrons. The second-order valence-corrected chi connectivity index (χ2v) is 6.50. The fourth-order valence-electron chi connectivity index (χ4n) is 3.16. The van der Waals surface area contributed by atoms with Crippen molar-refractivity contribution in [1.82, 2.24) is 4.90 Å². The number of aliphatic hydroxyl groups excluding tert-OH is 1. The molecule has 23 heavy (non-hydrogen) atoms. The van der Waals surface area contributed by atoms with E-state index < -0.39 is 6.10 Å². The monoisotopic (exact) mass is 320 g/mol. The van der Waals surface area contributed by atoms with E-state index in [-0.39, 0.29) is 12.5 Å². The summed E-state index contributed by atoms with van der Waals surface area (Å²) in [6, 6.07) is 8.21. The summed E-state index contributed by atoms with van der Waals surface area (Å²) in [6.45, 7) is 6.85. The summed E-state index contributed by atoms with van der Waals surface area (Å²) < 4.78 is 5.65. The number of likely N-dealkylation sites (tertiary alicyclic amines) is 1. The van der Waals surface area contributed by atoms with Crippen molar-refractivity contribution < 1.29 is 14.6 Å². The molecule has 0 unspecified atom stereocenters. The van der Waals surface area contributed by atoms with Gasteiger partial charge >= 0.3 is 0 Å². The molecule has 2 N–H and O–H groups in total. The van der Waals surface area contributed by atoms with E-state index in [0.29, 0.717) is 24.4 Å². The van der Waals surface area contributed by atoms with Gasteiger partial charge in [0, 0.05) is 31.2 Å². The van der Waals surface area contributed by atoms with Gasteiger partial charge in [-0.05, 0) is 51.0 Å². The average Bonchev–Trinajstić information content (AvgIpc) is 2.50. The quantitative estimate of drug-likeness (QED) is 0.846. The Morgan fingerprint density at radius 2 is 1.91 bits per heavy atom. The van der Waals surface area contributed by atoms with Crippen LogP contribution in [0.15, 0.2) is 24.3 Å². The number of carbonyl (C=O) groups is 1. The molecule has 3 atom stereocenters. The Balaban J connectivity index is 1.79. The first kappa shape index (κ1) is 17.8. The minimum Gasteiger partial charge on any atom is -0.491 e. The second kappa shape index (κ2) is 8.31. The Morgan fingerprint density at radius 3 is 2.48 bits per heavy atom. The van der Waals surface area contributed by atoms with Gasteiger partial charge < -0.3 is 15.2 Å². The zero-order chi connectivity index (χ0) is 16.8. The number of β-amino-alcohol motifs (C(OH)–C–C–N with tert-alkyl or cyclic N) is 1. The first-order valence-electron chi connectivity index (χ1n) is 8.40. The number of carbonyl (C=O) groups excluding carboxylic acids is 1. The second-order valence-electron chi connectivity index (χ2n) is 6.50. The minimum atomic E-state index is -0.506. The van der Waals surface area contributed by atoms with Crippen LogP contribution in [0.3, 0.4) is 0 Å². The fourth-order valence-corrected chi connectivity index (χ4v) is 3.16. The van der Waals surface area contributed by atoms with Crippen LogP contribution in [-0.2, 0) is 4.79 Å². The van der Waals surface area contributed by atoms with Crippen LogP contribution in [0.5, 0.6) is 5.75 Å². The number of piperidine rings is 1. The zero-order valence-electron chi connectivity index (χ0n) is 14.3. The standard InChI is InChI=1S/C18H28N2O3/c1-13-5-4-6-14(2)20(13)11-17(22)12-23-18-9-7-16(8-10-18)19-15(3)21/h7-10,13-14,17,22H,4-6,11-12H2,1-3H3,(H,19,21)/t13-,14-,17-/m1/s1. The summed E-state index contributed by atoms with van der Waals surface area (Å²) in [4.78, 5) is 13.3. The Labute approximate surface area is 138 Å². The Hall–Kier alpha value is -1.59. The Bertz CT molecular complexity index is 493. The first-order chi connectivity index (χ1) is 11.0. The molecule has 5 heteroatoms. The van der Waals surface area contributed by atoms with E-state index in [0.717, 1.165) is 5.69 Å². The third-order valence-electron chi connectivity index (χ3n) is 4.41. The maximum absolute atomic E-state index is 11.0. The van der Waals surface area contributed by atoms with Crippen LogP contribution in [0.2, 0.25) is 0 Å². The van der Waals surface area contributed by atoms with Crippen molar-refractivity contribution in [3.8, 4) is 5.75 Å². The van der Waals surface area contributed by atoms with Crippen molar-refractivity contribution in [2.75, 3.05) is 18.5 Å². The largest absolute Gasteiger partial charge is 0.491 e. The lowest BCUT2D eigenvalue weighted by Crippen LogP contribution is -2.48. The van der Waals surface area contributed by atoms with Gasteiger partial charge in [-0.3, -0.25) is 9.69 Å². The van der Waals surface area contributed by atoms with E-state index >= 15 is 0 Å². The van der Waals surface area contributed by atoms with Crippen LogP contribution in [0.1, 0.15) is 40.0 Å². The molecule has 1 heterocycles. The third-order valence-corrected chi connectivity index (χ3v) is 4.41. The van der Waals surface area contributed by atoms with Gasteiger partial charge in [-0.1, -0.05) is 6.42 Å². The predicted molar refractivity (Wildman–Crippen MR) is 91.7 cm³/mol. The van der Waals surface area contributed by atoms with Gasteiger partial charge in [-0.2, -0.15) is 0 Å². The SMILES string of the molecule is CC(=O)Nc1ccc(OC[C@H](O)CN2[C@H](C)CCC[C@H]2C)cc1. The van der Waals surface area contributed by atoms with E-state index in [1.165, 1.54) is 26.2 Å². The molecular weight excluding hydrogens is 292 g/mol. The molecule has 1 aromatic carbocycles. The van der Waals surface area contributed by atoms with Gasteiger partial charge in [0.05, 0.1) is 0 Å². The van der Waals surface area contributed by atoms with Gasteiger partial charge in [-0.15, -0.1) is 0 Å². The summed E-state index contributed by atoms with van der Waals surface area (Å²) in [5.74, 6) is 0.594. The number of rotatable bonds is 6. The van der Waals surface area contributed by atoms with Gasteiger partial charge in [-0.25, -0.2) is 0 Å². The molecule has 1 aliphatic rings. The zero-order valence-corrected chi connectivity index (χ0v) is 14.3. The summed E-state index contributed by atoms with van der Waals surface area (Å²) in [5.41, 5.74) is 0.737. The summed E-state index contributed by atoms with van der Waals surface area (Å²) in [7, 11) is 0. The molecule has 0 aromatic heterocycles. The normalized spacial score (nSPS) is 23.3. The average molecular weight is 320 g/mol. The molecule has 2 rings (SSSR count). The molecule has 0 saturated carbocycles. The molecule has 1 amide bonds. The van der Waals surface area contributed by atoms with Crippen molar-refractivity contribution in [3.63, 3.8) is 0 Å². The van der Waals surface area contributed by atoms with Crippen LogP contribution in [-0.4, -0.2) is 47.3 Å². The van der Waals surface area contributed by atoms with Crippen molar-refractivity contribution in [2.24, 2.45) is 0 Å². The molecule has 0 radical (unpaired) electrons. The van der Waals surface area contributed by atoms with E-state index in [2.05, 4.69) is 24.1 Å². The molecule has 1 saturated heterocycles. The first-order valence-corrected chi connectivity index (χ1v) is 8.40. The molecule has 5 nitrogen and oxygen atoms in total. The highest BCUT2D eigenvalue weighted by Gasteiger charge is 2.26. The van der Waals surface area contributed by atoms with Crippen molar-refractivity contribution in [3.05, 3.63) is 24.3 Å². The maximum atomic E-state index is 11.0. The molecule has 1 fully saturated rings. The summed E-state index contributed by atoms with van der Waals surface area (Å²) >= 11 is 0. The fraction of sp³-hybridized carbons (Fsp3) is 0.611. The minimum absolute atomic E-state index is 0.0983. The number of amides is 1. The van der Waals surface area contributed by atoms with Crippen molar-refractivity contribution in [2.45, 2.75) is 58.2 Å². The number of hydrogen-bond acceptors (Lipinski definition) is 4. The highest BCUT2D eigenvalue weighted by molar-refractivity contribution is 5.88. The molecule has 0 bridgehead atoms. The highest BCUT2D eigenvalue weighted by Crippen LogP contribution is 2.22. The van der Waals surface area contributed by atoms with Gasteiger partial charge in [0.2, 0.25) is 5.91 Å². The van der Waals surface area contributed by atoms with Crippen LogP contribution < -0.4 is 10.1 Å². The summed E-state index contributed by atoms with van der Waals surface area (Å²) in [5, 5.41) is 13.0. The van der Waals surface area contributed by atoms with Crippen LogP contribution in [0.25, 0.3) is 0 Å². The molecule has 0 aliphatic carbocycles. The molecule has 1 aliphatic heterocycles. The van der Waals surface area contributed by atoms with E-state index in [1.807, 2.05) is 0 Å². The van der Waals surface area contributed by atoms with Crippen molar-refractivity contribution in [1.29, 1.82) is 0 Å². The van der Waals surface area contributed by atoms with Crippen LogP contribution in [0.4, 0.5) is 5.69 Å². The lowest BCUT2D eigenvalue weighted by atomic mass is 9.97. The van der Waals surface area contributed by atoms with Crippen LogP contribution >= 0.6 is 0 Å². The molecular formula is C18H28N2O3. The topological polar surface area (TPSA) is 61.8 Å². The van der Waals surface area contributed by atoms with Gasteiger partial charge in [0.1, 0.15) is 18.5 Å². The molecule has 0 spiro atoms. The number of hydrogen-bond donors (Lipinski definition) is 2. The number of aliphatic hydroxyl groups is 1. The lowest BCUT2D eigenvalue weighted by molar-refractivity contribution is -0.114. The number of anilines is 1. The molecule has 1 aromatic rings. The number of nitrogens with zero attached hydrogens (tertiary/aromatic N) is 1. The van der Waals surface area contributed by atoms with E-state index in [9.17, 15) is 9.90 Å². The highest BCUT2D eigenvalue weighted by atomic mass is 16.5. The van der Waals surface area contributed by atoms with Gasteiger partial charge in [0.25, 0.3) is 0 Å². The number of benzene rings is 1. The smallest absolute Gasteiger partial charge is 0.221 e. The summed E-state index contributed by atoms with van der Waals surface area (Å²) in [6.07, 6.45) is 3.16. The number of ether oxygens (including phenoxy) is 1. The number of nitrogens with one attached hydrogen (secondary N) is 1. The van der Waals surface area contributed by atoms with Crippen molar-refractivity contribution >= 4 is 11.6 Å². The Morgan fingerprint density at radius 1 is 1.30 bits per heavy atom. The van der Waals surface area contributed by atoms with Crippen LogP contribution in [0, 0.1) is 0 Å². The third kappa shape index (κ3) is 5.52. The van der Waals surface area contributed by atoms with E-state index in [1.54, 1.807) is 24.3 Å². The maximum Gasteiger partial charge on any atom is 0.221 e.